The summed E-state index contributed by atoms with van der Waals surface area (Å²) < 4.78 is 0. The molecule has 0 atom stereocenters. The number of aromatic amines is 1. The van der Waals surface area contributed by atoms with Gasteiger partial charge < -0.3 is 0 Å². The van der Waals surface area contributed by atoms with E-state index in [9.17, 15) is 0 Å². The van der Waals surface area contributed by atoms with E-state index in [0.717, 1.165) is 0 Å². The van der Waals surface area contributed by atoms with Crippen LogP contribution >= 0.6 is 0 Å². The maximum Gasteiger partial charge on any atom is 0.194 e. The first kappa shape index (κ1) is 5.73. The van der Waals surface area contributed by atoms with Crippen molar-refractivity contribution in [1.82, 2.24) is 25.4 Å². The fourth-order valence-electron chi connectivity index (χ4n) is 0.767. The van der Waals surface area contributed by atoms with Gasteiger partial charge in [0.15, 0.2) is 11.5 Å². The Morgan fingerprint density at radius 3 is 3.18 bits per heavy atom. The maximum atomic E-state index is 8.52. The number of nitriles is 1. The first-order chi connectivity index (χ1) is 5.42. The molecule has 1 N–H and O–H groups in total. The second-order valence-electron chi connectivity index (χ2n) is 1.84. The summed E-state index contributed by atoms with van der Waals surface area (Å²) >= 11 is 0. The summed E-state index contributed by atoms with van der Waals surface area (Å²) in [6.07, 6.45) is 1.35. The van der Waals surface area contributed by atoms with Gasteiger partial charge in [-0.2, -0.15) is 5.26 Å². The Morgan fingerprint density at radius 1 is 1.45 bits per heavy atom. The lowest BCUT2D eigenvalue weighted by atomic mass is 10.3. The van der Waals surface area contributed by atoms with Gasteiger partial charge >= 0.3 is 0 Å². The molecule has 11 heavy (non-hydrogen) atoms. The van der Waals surface area contributed by atoms with Gasteiger partial charge in [0.25, 0.3) is 0 Å². The summed E-state index contributed by atoms with van der Waals surface area (Å²) in [6, 6.07) is 1.86. The molecule has 2 aliphatic heterocycles. The molecule has 52 valence electrons. The Balaban J connectivity index is 2.79. The van der Waals surface area contributed by atoms with E-state index in [0.29, 0.717) is 11.5 Å². The van der Waals surface area contributed by atoms with E-state index in [1.54, 1.807) is 0 Å². The summed E-state index contributed by atoms with van der Waals surface area (Å²) in [4.78, 5) is 7.63. The van der Waals surface area contributed by atoms with Crippen molar-refractivity contribution in [1.29, 1.82) is 5.26 Å². The zero-order valence-electron chi connectivity index (χ0n) is 5.31. The zero-order chi connectivity index (χ0) is 7.68. The predicted molar refractivity (Wildman–Crippen MR) is 33.3 cm³/mol. The van der Waals surface area contributed by atoms with E-state index in [2.05, 4.69) is 25.4 Å². The third-order valence-corrected chi connectivity index (χ3v) is 1.23. The van der Waals surface area contributed by atoms with E-state index in [1.807, 2.05) is 6.07 Å². The van der Waals surface area contributed by atoms with Crippen molar-refractivity contribution in [2.75, 3.05) is 0 Å². The summed E-state index contributed by atoms with van der Waals surface area (Å²) in [7, 11) is 0. The van der Waals surface area contributed by atoms with E-state index in [1.165, 1.54) is 6.33 Å². The van der Waals surface area contributed by atoms with Crippen LogP contribution in [0.3, 0.4) is 0 Å². The lowest BCUT2D eigenvalue weighted by Gasteiger charge is -1.92. The van der Waals surface area contributed by atoms with Crippen molar-refractivity contribution in [3.8, 4) is 17.6 Å². The zero-order valence-corrected chi connectivity index (χ0v) is 5.31. The first-order valence-electron chi connectivity index (χ1n) is 2.83. The highest BCUT2D eigenvalue weighted by Crippen LogP contribution is 2.13. The number of rotatable bonds is 0. The third kappa shape index (κ3) is 0.712. The van der Waals surface area contributed by atoms with Crippen LogP contribution in [0.5, 0.6) is 0 Å². The van der Waals surface area contributed by atoms with Crippen LogP contribution in [0.4, 0.5) is 0 Å². The van der Waals surface area contributed by atoms with Crippen LogP contribution in [0.1, 0.15) is 5.69 Å². The number of nitrogens with zero attached hydrogens (tertiary/aromatic N) is 5. The standard InChI is InChI=1S/C5H2N6/c6-1-3-4-5(8-2-7-4)10-11-9-3/h2H,(H,7,8,9,10). The minimum absolute atomic E-state index is 0.191. The molecule has 0 aromatic carbocycles. The molecule has 0 unspecified atom stereocenters. The number of fused-ring (bicyclic) bond motifs is 1. The monoisotopic (exact) mass is 146 g/mol. The SMILES string of the molecule is N#Cc1nn[nH]c2ncnc1-2. The molecule has 2 aliphatic rings. The van der Waals surface area contributed by atoms with Crippen LogP contribution in [-0.4, -0.2) is 25.4 Å². The molecule has 0 aromatic rings. The Kier molecular flexibility index (Phi) is 1.03. The van der Waals surface area contributed by atoms with Gasteiger partial charge in [0, 0.05) is 0 Å². The van der Waals surface area contributed by atoms with Crippen LogP contribution in [0.2, 0.25) is 0 Å². The fourth-order valence-corrected chi connectivity index (χ4v) is 0.767. The quantitative estimate of drug-likeness (QED) is 0.544. The molecule has 0 aromatic heterocycles. The minimum Gasteiger partial charge on any atom is -0.240 e. The van der Waals surface area contributed by atoms with Gasteiger partial charge in [-0.15, -0.1) is 5.10 Å². The third-order valence-electron chi connectivity index (χ3n) is 1.23. The van der Waals surface area contributed by atoms with Crippen LogP contribution in [-0.2, 0) is 0 Å². The van der Waals surface area contributed by atoms with Crippen molar-refractivity contribution in [2.45, 2.75) is 0 Å². The maximum absolute atomic E-state index is 8.52. The molecular formula is C5H2N6. The molecule has 0 radical (unpaired) electrons. The summed E-state index contributed by atoms with van der Waals surface area (Å²) in [5, 5.41) is 18.0. The topological polar surface area (TPSA) is 91.1 Å². The number of nitrogens with one attached hydrogen (secondary N) is 1. The lowest BCUT2D eigenvalue weighted by Crippen LogP contribution is -1.97. The van der Waals surface area contributed by atoms with Crippen molar-refractivity contribution < 1.29 is 0 Å². The number of hydrogen-bond acceptors (Lipinski definition) is 5. The van der Waals surface area contributed by atoms with Gasteiger partial charge in [0.05, 0.1) is 0 Å². The van der Waals surface area contributed by atoms with Crippen molar-refractivity contribution >= 4 is 0 Å². The van der Waals surface area contributed by atoms with Crippen LogP contribution in [0, 0.1) is 11.3 Å². The minimum atomic E-state index is 0.191. The molecule has 0 bridgehead atoms. The Morgan fingerprint density at radius 2 is 2.36 bits per heavy atom. The molecule has 0 amide bonds. The van der Waals surface area contributed by atoms with Crippen molar-refractivity contribution in [2.24, 2.45) is 0 Å². The lowest BCUT2D eigenvalue weighted by molar-refractivity contribution is 0.846. The highest BCUT2D eigenvalue weighted by molar-refractivity contribution is 5.56. The molecule has 0 saturated carbocycles. The van der Waals surface area contributed by atoms with Crippen molar-refractivity contribution in [3.63, 3.8) is 0 Å². The van der Waals surface area contributed by atoms with Crippen LogP contribution < -0.4 is 0 Å². The summed E-state index contributed by atoms with van der Waals surface area (Å²) in [5.74, 6) is 0.483. The average molecular weight is 146 g/mol. The number of aromatic nitrogens is 5. The van der Waals surface area contributed by atoms with Gasteiger partial charge in [0.2, 0.25) is 0 Å². The Hall–Kier alpha value is -2.03. The number of imidazole rings is 1. The average Bonchev–Trinajstić information content (AvgIpc) is 2.50. The molecule has 0 fully saturated rings. The van der Waals surface area contributed by atoms with E-state index in [4.69, 9.17) is 5.26 Å². The van der Waals surface area contributed by atoms with Gasteiger partial charge in [-0.05, 0) is 0 Å². The molecular weight excluding hydrogens is 144 g/mol. The van der Waals surface area contributed by atoms with E-state index in [-0.39, 0.29) is 5.69 Å². The molecule has 2 rings (SSSR count). The molecule has 6 heteroatoms. The molecule has 0 spiro atoms. The van der Waals surface area contributed by atoms with Crippen LogP contribution in [0.15, 0.2) is 6.33 Å². The predicted octanol–water partition coefficient (Wildman–Crippen LogP) is -0.429. The number of H-pyrrole nitrogens is 1. The highest BCUT2D eigenvalue weighted by atomic mass is 15.3. The van der Waals surface area contributed by atoms with E-state index >= 15 is 0 Å². The fraction of sp³-hybridized carbons (Fsp3) is 0. The molecule has 2 heterocycles. The highest BCUT2D eigenvalue weighted by Gasteiger charge is 2.12. The van der Waals surface area contributed by atoms with Gasteiger partial charge in [-0.1, -0.05) is 5.21 Å². The van der Waals surface area contributed by atoms with Gasteiger partial charge in [-0.25, -0.2) is 15.1 Å². The molecule has 6 nitrogen and oxygen atoms in total. The number of hydrogen-bond donors (Lipinski definition) is 1. The summed E-state index contributed by atoms with van der Waals surface area (Å²) in [6.45, 7) is 0. The van der Waals surface area contributed by atoms with Gasteiger partial charge in [0.1, 0.15) is 18.1 Å². The second kappa shape index (κ2) is 1.98. The smallest absolute Gasteiger partial charge is 0.194 e. The Bertz CT molecular complexity index is 384. The van der Waals surface area contributed by atoms with Crippen LogP contribution in [0.25, 0.3) is 11.5 Å². The largest absolute Gasteiger partial charge is 0.240 e. The normalized spacial score (nSPS) is 9.73. The summed E-state index contributed by atoms with van der Waals surface area (Å²) in [5.41, 5.74) is 0.652. The first-order valence-corrected chi connectivity index (χ1v) is 2.83. The Labute approximate surface area is 61.2 Å². The molecule has 0 saturated heterocycles. The van der Waals surface area contributed by atoms with Gasteiger partial charge in [-0.3, -0.25) is 0 Å². The molecule has 0 aliphatic carbocycles. The second-order valence-corrected chi connectivity index (χ2v) is 1.84. The van der Waals surface area contributed by atoms with Crippen molar-refractivity contribution in [3.05, 3.63) is 12.0 Å². The van der Waals surface area contributed by atoms with E-state index < -0.39 is 0 Å².